The predicted molar refractivity (Wildman–Crippen MR) is 96.8 cm³/mol. The predicted octanol–water partition coefficient (Wildman–Crippen LogP) is 3.08. The SMILES string of the molecule is C[C@H]1C[C@H](C(N)=O)c2ccccc2N1C(=O)c1cc(Cl)c2c(c1)OCO2. The first-order valence-electron chi connectivity index (χ1n) is 8.28. The summed E-state index contributed by atoms with van der Waals surface area (Å²) >= 11 is 6.22. The van der Waals surface area contributed by atoms with E-state index in [0.717, 1.165) is 5.56 Å². The van der Waals surface area contributed by atoms with Gasteiger partial charge in [0.2, 0.25) is 12.7 Å². The average molecular weight is 373 g/mol. The van der Waals surface area contributed by atoms with Gasteiger partial charge in [-0.25, -0.2) is 0 Å². The maximum absolute atomic E-state index is 13.3. The Hall–Kier alpha value is -2.73. The Labute approximate surface area is 155 Å². The van der Waals surface area contributed by atoms with Crippen molar-refractivity contribution in [3.63, 3.8) is 0 Å². The number of anilines is 1. The summed E-state index contributed by atoms with van der Waals surface area (Å²) in [4.78, 5) is 26.8. The van der Waals surface area contributed by atoms with Gasteiger partial charge >= 0.3 is 0 Å². The third-order valence-electron chi connectivity index (χ3n) is 4.83. The van der Waals surface area contributed by atoms with Crippen molar-refractivity contribution in [3.05, 3.63) is 52.5 Å². The highest BCUT2D eigenvalue weighted by atomic mass is 35.5. The van der Waals surface area contributed by atoms with Crippen LogP contribution in [0.25, 0.3) is 0 Å². The molecule has 7 heteroatoms. The van der Waals surface area contributed by atoms with Crippen LogP contribution in [0.5, 0.6) is 11.5 Å². The van der Waals surface area contributed by atoms with Gasteiger partial charge in [0.25, 0.3) is 5.91 Å². The van der Waals surface area contributed by atoms with E-state index in [4.69, 9.17) is 26.8 Å². The van der Waals surface area contributed by atoms with E-state index in [2.05, 4.69) is 0 Å². The molecule has 0 radical (unpaired) electrons. The lowest BCUT2D eigenvalue weighted by atomic mass is 9.85. The Kier molecular flexibility index (Phi) is 4.00. The van der Waals surface area contributed by atoms with E-state index in [-0.39, 0.29) is 24.6 Å². The fourth-order valence-electron chi connectivity index (χ4n) is 3.62. The van der Waals surface area contributed by atoms with Gasteiger partial charge in [0.05, 0.1) is 10.9 Å². The van der Waals surface area contributed by atoms with Crippen LogP contribution in [0.3, 0.4) is 0 Å². The smallest absolute Gasteiger partial charge is 0.258 e. The molecule has 2 N–H and O–H groups in total. The van der Waals surface area contributed by atoms with Crippen LogP contribution in [-0.2, 0) is 4.79 Å². The molecular formula is C19H17ClN2O4. The number of primary amides is 1. The summed E-state index contributed by atoms with van der Waals surface area (Å²) in [5.41, 5.74) is 7.42. The number of carbonyl (C=O) groups excluding carboxylic acids is 2. The Balaban J connectivity index is 1.77. The van der Waals surface area contributed by atoms with E-state index in [0.29, 0.717) is 34.2 Å². The largest absolute Gasteiger partial charge is 0.454 e. The molecule has 0 aromatic heterocycles. The highest BCUT2D eigenvalue weighted by molar-refractivity contribution is 6.33. The van der Waals surface area contributed by atoms with Crippen molar-refractivity contribution >= 4 is 29.1 Å². The molecule has 2 aromatic carbocycles. The number of para-hydroxylation sites is 1. The normalized spacial score (nSPS) is 20.6. The molecule has 0 saturated heterocycles. The van der Waals surface area contributed by atoms with Gasteiger partial charge in [0.15, 0.2) is 11.5 Å². The highest BCUT2D eigenvalue weighted by Gasteiger charge is 2.36. The first-order valence-corrected chi connectivity index (χ1v) is 8.66. The van der Waals surface area contributed by atoms with Crippen LogP contribution in [0.4, 0.5) is 5.69 Å². The van der Waals surface area contributed by atoms with Gasteiger partial charge in [0, 0.05) is 17.3 Å². The van der Waals surface area contributed by atoms with Crippen molar-refractivity contribution in [2.75, 3.05) is 11.7 Å². The lowest BCUT2D eigenvalue weighted by Gasteiger charge is -2.38. The molecular weight excluding hydrogens is 356 g/mol. The molecule has 134 valence electrons. The number of nitrogens with zero attached hydrogens (tertiary/aromatic N) is 1. The van der Waals surface area contributed by atoms with Crippen LogP contribution in [0.15, 0.2) is 36.4 Å². The zero-order valence-corrected chi connectivity index (χ0v) is 14.8. The monoisotopic (exact) mass is 372 g/mol. The lowest BCUT2D eigenvalue weighted by Crippen LogP contribution is -2.45. The molecule has 2 aliphatic rings. The molecule has 0 unspecified atom stereocenters. The van der Waals surface area contributed by atoms with Gasteiger partial charge in [-0.1, -0.05) is 29.8 Å². The summed E-state index contributed by atoms with van der Waals surface area (Å²) < 4.78 is 10.7. The molecule has 6 nitrogen and oxygen atoms in total. The number of rotatable bonds is 2. The Morgan fingerprint density at radius 3 is 2.77 bits per heavy atom. The van der Waals surface area contributed by atoms with Crippen molar-refractivity contribution in [2.24, 2.45) is 5.73 Å². The van der Waals surface area contributed by atoms with Crippen molar-refractivity contribution in [3.8, 4) is 11.5 Å². The first kappa shape index (κ1) is 16.7. The molecule has 2 amide bonds. The van der Waals surface area contributed by atoms with E-state index in [1.165, 1.54) is 0 Å². The third-order valence-corrected chi connectivity index (χ3v) is 5.11. The van der Waals surface area contributed by atoms with Gasteiger partial charge in [0.1, 0.15) is 0 Å². The molecule has 0 spiro atoms. The summed E-state index contributed by atoms with van der Waals surface area (Å²) in [5, 5.41) is 0.330. The number of hydrogen-bond acceptors (Lipinski definition) is 4. The second-order valence-electron chi connectivity index (χ2n) is 6.47. The molecule has 0 fully saturated rings. The van der Waals surface area contributed by atoms with Crippen LogP contribution in [0.1, 0.15) is 35.2 Å². The van der Waals surface area contributed by atoms with E-state index in [9.17, 15) is 9.59 Å². The van der Waals surface area contributed by atoms with E-state index < -0.39 is 5.92 Å². The number of nitrogens with two attached hydrogens (primary N) is 1. The fourth-order valence-corrected chi connectivity index (χ4v) is 3.89. The standard InChI is InChI=1S/C19H17ClN2O4/c1-10-6-13(18(21)23)12-4-2-3-5-15(12)22(10)19(24)11-7-14(20)17-16(8-11)25-9-26-17/h2-5,7-8,10,13H,6,9H2,1H3,(H2,21,23)/t10-,13-/m0/s1. The minimum absolute atomic E-state index is 0.0793. The summed E-state index contributed by atoms with van der Waals surface area (Å²) in [7, 11) is 0. The topological polar surface area (TPSA) is 81.9 Å². The zero-order valence-electron chi connectivity index (χ0n) is 14.1. The zero-order chi connectivity index (χ0) is 18.4. The molecule has 2 aromatic rings. The third kappa shape index (κ3) is 2.57. The van der Waals surface area contributed by atoms with Crippen molar-refractivity contribution in [1.29, 1.82) is 0 Å². The molecule has 2 aliphatic heterocycles. The number of carbonyl (C=O) groups is 2. The number of benzene rings is 2. The minimum Gasteiger partial charge on any atom is -0.454 e. The molecule has 0 bridgehead atoms. The van der Waals surface area contributed by atoms with E-state index in [1.807, 2.05) is 31.2 Å². The molecule has 4 rings (SSSR count). The number of hydrogen-bond donors (Lipinski definition) is 1. The van der Waals surface area contributed by atoms with Gasteiger partial charge in [-0.05, 0) is 37.1 Å². The molecule has 0 aliphatic carbocycles. The van der Waals surface area contributed by atoms with Crippen LogP contribution in [0.2, 0.25) is 5.02 Å². The average Bonchev–Trinajstić information content (AvgIpc) is 3.09. The minimum atomic E-state index is -0.411. The van der Waals surface area contributed by atoms with Gasteiger partial charge in [-0.2, -0.15) is 0 Å². The van der Waals surface area contributed by atoms with E-state index in [1.54, 1.807) is 17.0 Å². The Morgan fingerprint density at radius 1 is 1.23 bits per heavy atom. The summed E-state index contributed by atoms with van der Waals surface area (Å²) in [6.07, 6.45) is 0.469. The quantitative estimate of drug-likeness (QED) is 0.878. The Bertz CT molecular complexity index is 914. The Morgan fingerprint density at radius 2 is 2.00 bits per heavy atom. The summed E-state index contributed by atoms with van der Waals surface area (Å²) in [6.45, 7) is 1.98. The van der Waals surface area contributed by atoms with Crippen LogP contribution in [0, 0.1) is 0 Å². The highest BCUT2D eigenvalue weighted by Crippen LogP contribution is 2.42. The number of ether oxygens (including phenoxy) is 2. The maximum Gasteiger partial charge on any atom is 0.258 e. The maximum atomic E-state index is 13.3. The fraction of sp³-hybridized carbons (Fsp3) is 0.263. The number of halogens is 1. The molecule has 2 atom stereocenters. The van der Waals surface area contributed by atoms with Crippen molar-refractivity contribution in [2.45, 2.75) is 25.3 Å². The summed E-state index contributed by atoms with van der Waals surface area (Å²) in [6, 6.07) is 10.3. The van der Waals surface area contributed by atoms with Gasteiger partial charge in [-0.3, -0.25) is 9.59 Å². The molecule has 26 heavy (non-hydrogen) atoms. The molecule has 2 heterocycles. The van der Waals surface area contributed by atoms with Crippen LogP contribution in [-0.4, -0.2) is 24.6 Å². The second kappa shape index (κ2) is 6.21. The number of fused-ring (bicyclic) bond motifs is 2. The second-order valence-corrected chi connectivity index (χ2v) is 6.87. The van der Waals surface area contributed by atoms with Gasteiger partial charge < -0.3 is 20.1 Å². The molecule has 0 saturated carbocycles. The van der Waals surface area contributed by atoms with Gasteiger partial charge in [-0.15, -0.1) is 0 Å². The number of amides is 2. The van der Waals surface area contributed by atoms with Crippen LogP contribution >= 0.6 is 11.6 Å². The van der Waals surface area contributed by atoms with E-state index >= 15 is 0 Å². The first-order chi connectivity index (χ1) is 12.5. The lowest BCUT2D eigenvalue weighted by molar-refractivity contribution is -0.119. The van der Waals surface area contributed by atoms with Crippen molar-refractivity contribution < 1.29 is 19.1 Å². The van der Waals surface area contributed by atoms with Crippen molar-refractivity contribution in [1.82, 2.24) is 0 Å². The van der Waals surface area contributed by atoms with Crippen LogP contribution < -0.4 is 20.1 Å². The summed E-state index contributed by atoms with van der Waals surface area (Å²) in [5.74, 6) is -0.112.